The molecule has 1 fully saturated rings. The number of hydrogen-bond acceptors (Lipinski definition) is 2. The van der Waals surface area contributed by atoms with Crippen LogP contribution in [0, 0.1) is 0 Å². The van der Waals surface area contributed by atoms with E-state index in [0.717, 1.165) is 31.5 Å². The Hall–Kier alpha value is -0.0631. The van der Waals surface area contributed by atoms with Crippen molar-refractivity contribution in [1.82, 2.24) is 4.57 Å². The van der Waals surface area contributed by atoms with Gasteiger partial charge in [0.2, 0.25) is 0 Å². The summed E-state index contributed by atoms with van der Waals surface area (Å²) in [6.45, 7) is 0.621. The highest BCUT2D eigenvalue weighted by atomic mass is 35.7. The lowest BCUT2D eigenvalue weighted by molar-refractivity contribution is 0.0717. The van der Waals surface area contributed by atoms with Crippen molar-refractivity contribution in [3.05, 3.63) is 30.3 Å². The van der Waals surface area contributed by atoms with Crippen molar-refractivity contribution in [3.8, 4) is 0 Å². The van der Waals surface area contributed by atoms with Crippen LogP contribution in [0.15, 0.2) is 30.3 Å². The van der Waals surface area contributed by atoms with Crippen LogP contribution in [-0.4, -0.2) is 37.7 Å². The van der Waals surface area contributed by atoms with Gasteiger partial charge in [0.15, 0.2) is 0 Å². The standard InChI is InChI=1S/C10H13Cl2NOSi/c11-15(12,10-4-2-1-3-5-10)13-6-8-14-9-7-13/h1-5H,6-9H2. The minimum Gasteiger partial charge on any atom is -0.379 e. The quantitative estimate of drug-likeness (QED) is 0.593. The van der Waals surface area contributed by atoms with Crippen LogP contribution in [0.4, 0.5) is 0 Å². The third-order valence-corrected chi connectivity index (χ3v) is 7.54. The van der Waals surface area contributed by atoms with E-state index in [2.05, 4.69) is 4.57 Å². The lowest BCUT2D eigenvalue weighted by Gasteiger charge is -2.35. The molecule has 1 heterocycles. The van der Waals surface area contributed by atoms with Gasteiger partial charge in [-0.1, -0.05) is 30.3 Å². The molecule has 0 N–H and O–H groups in total. The smallest absolute Gasteiger partial charge is 0.356 e. The Morgan fingerprint density at radius 1 is 1.07 bits per heavy atom. The lowest BCUT2D eigenvalue weighted by atomic mass is 10.4. The van der Waals surface area contributed by atoms with Gasteiger partial charge in [-0.25, -0.2) is 0 Å². The van der Waals surface area contributed by atoms with Crippen LogP contribution in [0.25, 0.3) is 0 Å². The van der Waals surface area contributed by atoms with Gasteiger partial charge in [-0.2, -0.15) is 0 Å². The van der Waals surface area contributed by atoms with E-state index in [-0.39, 0.29) is 0 Å². The maximum atomic E-state index is 6.52. The maximum absolute atomic E-state index is 6.52. The molecule has 0 aromatic heterocycles. The van der Waals surface area contributed by atoms with Crippen LogP contribution < -0.4 is 5.19 Å². The third-order valence-electron chi connectivity index (χ3n) is 2.53. The fourth-order valence-electron chi connectivity index (χ4n) is 1.67. The first-order valence-electron chi connectivity index (χ1n) is 4.97. The van der Waals surface area contributed by atoms with Gasteiger partial charge in [0.25, 0.3) is 0 Å². The molecule has 1 aromatic rings. The summed E-state index contributed by atoms with van der Waals surface area (Å²) >= 11 is 13.0. The van der Waals surface area contributed by atoms with Crippen molar-refractivity contribution in [2.24, 2.45) is 0 Å². The van der Waals surface area contributed by atoms with E-state index in [4.69, 9.17) is 26.9 Å². The van der Waals surface area contributed by atoms with Gasteiger partial charge in [-0.15, -0.1) is 22.2 Å². The number of rotatable bonds is 2. The summed E-state index contributed by atoms with van der Waals surface area (Å²) in [7, 11) is 0. The maximum Gasteiger partial charge on any atom is 0.356 e. The second-order valence-electron chi connectivity index (χ2n) is 3.51. The molecule has 0 saturated carbocycles. The number of ether oxygens (including phenoxy) is 1. The van der Waals surface area contributed by atoms with Crippen LogP contribution in [0.5, 0.6) is 0 Å². The number of morpholine rings is 1. The Kier molecular flexibility index (Phi) is 3.69. The van der Waals surface area contributed by atoms with Crippen molar-refractivity contribution in [2.45, 2.75) is 0 Å². The van der Waals surface area contributed by atoms with Crippen molar-refractivity contribution in [3.63, 3.8) is 0 Å². The van der Waals surface area contributed by atoms with Crippen LogP contribution in [0.3, 0.4) is 0 Å². The zero-order valence-corrected chi connectivity index (χ0v) is 10.8. The highest BCUT2D eigenvalue weighted by Gasteiger charge is 2.39. The molecule has 0 bridgehead atoms. The molecule has 2 rings (SSSR count). The second-order valence-corrected chi connectivity index (χ2v) is 9.66. The highest BCUT2D eigenvalue weighted by Crippen LogP contribution is 2.21. The van der Waals surface area contributed by atoms with Crippen LogP contribution in [-0.2, 0) is 4.74 Å². The predicted octanol–water partition coefficient (Wildman–Crippen LogP) is 1.64. The first kappa shape index (κ1) is 11.4. The summed E-state index contributed by atoms with van der Waals surface area (Å²) in [4.78, 5) is 0. The van der Waals surface area contributed by atoms with Crippen molar-refractivity contribution >= 4 is 34.2 Å². The van der Waals surface area contributed by atoms with Crippen LogP contribution >= 0.6 is 22.2 Å². The Bertz CT molecular complexity index is 314. The summed E-state index contributed by atoms with van der Waals surface area (Å²) in [5.74, 6) is 0. The molecule has 1 aliphatic heterocycles. The second kappa shape index (κ2) is 4.85. The van der Waals surface area contributed by atoms with Crippen LogP contribution in [0.2, 0.25) is 0 Å². The zero-order chi connectivity index (χ0) is 10.7. The van der Waals surface area contributed by atoms with E-state index in [1.54, 1.807) is 0 Å². The number of benzene rings is 1. The molecule has 15 heavy (non-hydrogen) atoms. The summed E-state index contributed by atoms with van der Waals surface area (Å²) in [6.07, 6.45) is 0. The monoisotopic (exact) mass is 261 g/mol. The summed E-state index contributed by atoms with van der Waals surface area (Å²) in [5, 5.41) is 1.05. The van der Waals surface area contributed by atoms with Crippen LogP contribution in [0.1, 0.15) is 0 Å². The number of nitrogens with zero attached hydrogens (tertiary/aromatic N) is 1. The van der Waals surface area contributed by atoms with Gasteiger partial charge in [0.05, 0.1) is 13.2 Å². The zero-order valence-electron chi connectivity index (χ0n) is 8.33. The van der Waals surface area contributed by atoms with E-state index in [0.29, 0.717) is 0 Å². The first-order chi connectivity index (χ1) is 7.21. The van der Waals surface area contributed by atoms with E-state index in [1.807, 2.05) is 30.3 Å². The minimum atomic E-state index is -2.48. The van der Waals surface area contributed by atoms with Crippen molar-refractivity contribution in [1.29, 1.82) is 0 Å². The molecular weight excluding hydrogens is 249 g/mol. The molecular formula is C10H13Cl2NOSi. The number of hydrogen-bond donors (Lipinski definition) is 0. The lowest BCUT2D eigenvalue weighted by Crippen LogP contribution is -2.57. The van der Waals surface area contributed by atoms with Gasteiger partial charge in [-0.05, 0) is 5.19 Å². The molecule has 0 amide bonds. The SMILES string of the molecule is Cl[Si](Cl)(c1ccccc1)N1CCOCC1. The minimum absolute atomic E-state index is 0.723. The summed E-state index contributed by atoms with van der Waals surface area (Å²) in [5.41, 5.74) is 0. The molecule has 1 aliphatic rings. The summed E-state index contributed by atoms with van der Waals surface area (Å²) in [6, 6.07) is 9.93. The molecule has 82 valence electrons. The van der Waals surface area contributed by atoms with E-state index < -0.39 is 6.86 Å². The molecule has 0 atom stereocenters. The van der Waals surface area contributed by atoms with Gasteiger partial charge in [-0.3, -0.25) is 4.57 Å². The Morgan fingerprint density at radius 2 is 1.67 bits per heavy atom. The van der Waals surface area contributed by atoms with Gasteiger partial charge >= 0.3 is 6.86 Å². The fraction of sp³-hybridized carbons (Fsp3) is 0.400. The summed E-state index contributed by atoms with van der Waals surface area (Å²) < 4.78 is 7.46. The van der Waals surface area contributed by atoms with Gasteiger partial charge in [0.1, 0.15) is 0 Å². The topological polar surface area (TPSA) is 12.5 Å². The van der Waals surface area contributed by atoms with Crippen molar-refractivity contribution < 1.29 is 4.74 Å². The van der Waals surface area contributed by atoms with E-state index in [1.165, 1.54) is 0 Å². The fourth-order valence-corrected chi connectivity index (χ4v) is 5.14. The average molecular weight is 262 g/mol. The molecule has 0 spiro atoms. The molecule has 1 saturated heterocycles. The normalized spacial score (nSPS) is 19.1. The predicted molar refractivity (Wildman–Crippen MR) is 65.9 cm³/mol. The molecule has 5 heteroatoms. The van der Waals surface area contributed by atoms with Crippen molar-refractivity contribution in [2.75, 3.05) is 26.3 Å². The van der Waals surface area contributed by atoms with Gasteiger partial charge < -0.3 is 4.74 Å². The molecule has 1 aromatic carbocycles. The van der Waals surface area contributed by atoms with E-state index >= 15 is 0 Å². The largest absolute Gasteiger partial charge is 0.379 e. The third kappa shape index (κ3) is 2.54. The Labute approximate surface area is 100 Å². The average Bonchev–Trinajstić information content (AvgIpc) is 2.31. The Balaban J connectivity index is 2.18. The molecule has 0 unspecified atom stereocenters. The molecule has 2 nitrogen and oxygen atoms in total. The highest BCUT2D eigenvalue weighted by molar-refractivity contribution is 7.49. The molecule has 0 aliphatic carbocycles. The first-order valence-corrected chi connectivity index (χ1v) is 8.94. The van der Waals surface area contributed by atoms with Gasteiger partial charge in [0, 0.05) is 13.1 Å². The Morgan fingerprint density at radius 3 is 2.27 bits per heavy atom. The number of halogens is 2. The molecule has 0 radical (unpaired) electrons. The van der Waals surface area contributed by atoms with E-state index in [9.17, 15) is 0 Å².